The zero-order valence-electron chi connectivity index (χ0n) is 28.7. The van der Waals surface area contributed by atoms with Gasteiger partial charge in [-0.15, -0.1) is 11.6 Å². The Balaban J connectivity index is 0.975. The van der Waals surface area contributed by atoms with E-state index in [4.69, 9.17) is 21.1 Å². The molecular formula is C38H43ClN4O8. The highest BCUT2D eigenvalue weighted by molar-refractivity contribution is 6.23. The number of halogens is 1. The molecule has 0 bridgehead atoms. The van der Waals surface area contributed by atoms with Gasteiger partial charge in [-0.05, 0) is 79.3 Å². The largest absolute Gasteiger partial charge is 0.491 e. The number of imide groups is 2. The number of carbonyl (C=O) groups excluding carboxylic acids is 5. The van der Waals surface area contributed by atoms with Crippen molar-refractivity contribution in [3.8, 4) is 11.5 Å². The van der Waals surface area contributed by atoms with Crippen LogP contribution in [0.4, 0.5) is 5.69 Å². The second kappa shape index (κ2) is 16.8. The average Bonchev–Trinajstić information content (AvgIpc) is 3.37. The maximum absolute atomic E-state index is 13.0. The smallest absolute Gasteiger partial charge is 0.262 e. The Hall–Kier alpha value is -4.94. The molecule has 2 aliphatic rings. The first-order valence-electron chi connectivity index (χ1n) is 17.0. The molecule has 0 saturated carbocycles. The number of nitrogens with zero attached hydrogens (tertiary/aromatic N) is 1. The zero-order chi connectivity index (χ0) is 36.5. The number of fused-ring (bicyclic) bond motifs is 1. The van der Waals surface area contributed by atoms with E-state index in [9.17, 15) is 29.1 Å². The predicted octanol–water partition coefficient (Wildman–Crippen LogP) is 4.17. The van der Waals surface area contributed by atoms with E-state index in [1.54, 1.807) is 18.2 Å². The van der Waals surface area contributed by atoms with Crippen LogP contribution in [0.3, 0.4) is 0 Å². The van der Waals surface area contributed by atoms with Gasteiger partial charge in [-0.2, -0.15) is 0 Å². The van der Waals surface area contributed by atoms with Gasteiger partial charge < -0.3 is 25.2 Å². The summed E-state index contributed by atoms with van der Waals surface area (Å²) in [4.78, 5) is 62.9. The first-order valence-corrected chi connectivity index (χ1v) is 17.6. The molecule has 0 radical (unpaired) electrons. The number of anilines is 1. The van der Waals surface area contributed by atoms with E-state index in [1.807, 2.05) is 48.5 Å². The summed E-state index contributed by atoms with van der Waals surface area (Å²) in [6, 6.07) is 19.3. The molecule has 1 saturated heterocycles. The number of hydrogen-bond donors (Lipinski definition) is 4. The monoisotopic (exact) mass is 718 g/mol. The highest BCUT2D eigenvalue weighted by atomic mass is 35.5. The van der Waals surface area contributed by atoms with E-state index in [2.05, 4.69) is 29.8 Å². The maximum Gasteiger partial charge on any atom is 0.262 e. The molecule has 2 atom stereocenters. The van der Waals surface area contributed by atoms with E-state index in [-0.39, 0.29) is 54.4 Å². The fourth-order valence-corrected chi connectivity index (χ4v) is 6.10. The first-order chi connectivity index (χ1) is 24.5. The summed E-state index contributed by atoms with van der Waals surface area (Å²) in [6.07, 6.45) is 1.91. The molecule has 270 valence electrons. The van der Waals surface area contributed by atoms with Crippen molar-refractivity contribution < 1.29 is 38.6 Å². The van der Waals surface area contributed by atoms with Gasteiger partial charge in [0.05, 0.1) is 17.0 Å². The summed E-state index contributed by atoms with van der Waals surface area (Å²) in [5.74, 6) is -0.959. The van der Waals surface area contributed by atoms with E-state index in [1.165, 1.54) is 0 Å². The molecule has 2 heterocycles. The highest BCUT2D eigenvalue weighted by Crippen LogP contribution is 2.34. The van der Waals surface area contributed by atoms with E-state index in [0.29, 0.717) is 30.3 Å². The van der Waals surface area contributed by atoms with Crippen molar-refractivity contribution >= 4 is 46.8 Å². The van der Waals surface area contributed by atoms with E-state index >= 15 is 0 Å². The van der Waals surface area contributed by atoms with Crippen molar-refractivity contribution in [3.63, 3.8) is 0 Å². The number of piperidine rings is 1. The Morgan fingerprint density at radius 2 is 1.53 bits per heavy atom. The predicted molar refractivity (Wildman–Crippen MR) is 191 cm³/mol. The van der Waals surface area contributed by atoms with Gasteiger partial charge in [-0.1, -0.05) is 38.1 Å². The van der Waals surface area contributed by atoms with Gasteiger partial charge in [0.15, 0.2) is 6.61 Å². The number of amides is 5. The van der Waals surface area contributed by atoms with Crippen molar-refractivity contribution in [1.29, 1.82) is 0 Å². The number of aliphatic hydroxyl groups excluding tert-OH is 1. The first kappa shape index (κ1) is 37.3. The number of hydrogen-bond acceptors (Lipinski definition) is 9. The quantitative estimate of drug-likeness (QED) is 0.0912. The van der Waals surface area contributed by atoms with Crippen LogP contribution in [-0.2, 0) is 19.8 Å². The molecule has 0 spiro atoms. The third-order valence-corrected chi connectivity index (χ3v) is 9.44. The Bertz CT molecular complexity index is 1750. The van der Waals surface area contributed by atoms with E-state index < -0.39 is 35.8 Å². The standard InChI is InChI=1S/C38H43ClN4O8/c1-38(2,24-6-11-28(12-7-24)50-22-27(44)21-39)25-8-13-29(14-9-25)51-23-34(46)41-19-5-3-4-18-40-26-10-15-30-31(20-26)37(49)43(36(30)48)32-16-17-33(45)42-35(32)47/h6-15,20,27,32,40,44H,3-5,16-19,21-23H2,1-2H3,(H,41,46)(H,42,45,47). The summed E-state index contributed by atoms with van der Waals surface area (Å²) in [6.45, 7) is 5.43. The number of nitrogens with one attached hydrogen (secondary N) is 3. The fraction of sp³-hybridized carbons (Fsp3) is 0.395. The molecule has 3 aromatic rings. The van der Waals surface area contributed by atoms with Gasteiger partial charge in [0.1, 0.15) is 30.3 Å². The molecule has 2 aliphatic heterocycles. The SMILES string of the molecule is CC(C)(c1ccc(OCC(=O)NCCCCCNc2ccc3c(c2)C(=O)N(C2CCC(=O)NC2=O)C3=O)cc1)c1ccc(OCC(O)CCl)cc1. The van der Waals surface area contributed by atoms with Crippen LogP contribution in [0.2, 0.25) is 0 Å². The minimum atomic E-state index is -0.995. The van der Waals surface area contributed by atoms with E-state index in [0.717, 1.165) is 35.3 Å². The third-order valence-electron chi connectivity index (χ3n) is 9.09. The van der Waals surface area contributed by atoms with Crippen LogP contribution in [0.1, 0.15) is 77.8 Å². The third kappa shape index (κ3) is 9.25. The minimum Gasteiger partial charge on any atom is -0.491 e. The van der Waals surface area contributed by atoms with Gasteiger partial charge in [-0.3, -0.25) is 34.2 Å². The average molecular weight is 719 g/mol. The van der Waals surface area contributed by atoms with Crippen molar-refractivity contribution in [2.24, 2.45) is 0 Å². The molecule has 1 fully saturated rings. The van der Waals surface area contributed by atoms with Crippen molar-refractivity contribution in [2.75, 3.05) is 37.5 Å². The number of alkyl halides is 1. The molecule has 5 amide bonds. The maximum atomic E-state index is 13.0. The number of carbonyl (C=O) groups is 5. The summed E-state index contributed by atoms with van der Waals surface area (Å²) in [7, 11) is 0. The molecule has 0 aromatic heterocycles. The van der Waals surface area contributed by atoms with Gasteiger partial charge in [0, 0.05) is 30.6 Å². The Kier molecular flexibility index (Phi) is 12.3. The van der Waals surface area contributed by atoms with Crippen molar-refractivity contribution in [3.05, 3.63) is 89.0 Å². The Morgan fingerprint density at radius 1 is 0.902 bits per heavy atom. The molecule has 3 aromatic carbocycles. The van der Waals surface area contributed by atoms with Gasteiger partial charge in [0.25, 0.3) is 17.7 Å². The second-order valence-electron chi connectivity index (χ2n) is 13.1. The van der Waals surface area contributed by atoms with Crippen LogP contribution in [0.15, 0.2) is 66.7 Å². The van der Waals surface area contributed by atoms with Crippen LogP contribution >= 0.6 is 11.6 Å². The molecule has 0 aliphatic carbocycles. The van der Waals surface area contributed by atoms with Crippen molar-refractivity contribution in [2.45, 2.75) is 63.5 Å². The van der Waals surface area contributed by atoms with Crippen LogP contribution in [0.25, 0.3) is 0 Å². The number of benzene rings is 3. The van der Waals surface area contributed by atoms with Crippen molar-refractivity contribution in [1.82, 2.24) is 15.5 Å². The normalized spacial score (nSPS) is 16.4. The lowest BCUT2D eigenvalue weighted by Gasteiger charge is -2.27. The molecule has 4 N–H and O–H groups in total. The molecular weight excluding hydrogens is 676 g/mol. The zero-order valence-corrected chi connectivity index (χ0v) is 29.5. The number of ether oxygens (including phenoxy) is 2. The Morgan fingerprint density at radius 3 is 2.18 bits per heavy atom. The van der Waals surface area contributed by atoms with Gasteiger partial charge >= 0.3 is 0 Å². The molecule has 5 rings (SSSR count). The number of unbranched alkanes of at least 4 members (excludes halogenated alkanes) is 2. The highest BCUT2D eigenvalue weighted by Gasteiger charge is 2.44. The number of aliphatic hydroxyl groups is 1. The lowest BCUT2D eigenvalue weighted by molar-refractivity contribution is -0.136. The summed E-state index contributed by atoms with van der Waals surface area (Å²) >= 11 is 5.62. The summed E-state index contributed by atoms with van der Waals surface area (Å²) < 4.78 is 11.3. The second-order valence-corrected chi connectivity index (χ2v) is 13.4. The van der Waals surface area contributed by atoms with Crippen LogP contribution in [0.5, 0.6) is 11.5 Å². The lowest BCUT2D eigenvalue weighted by atomic mass is 9.78. The minimum absolute atomic E-state index is 0.0713. The molecule has 12 nitrogen and oxygen atoms in total. The summed E-state index contributed by atoms with van der Waals surface area (Å²) in [5, 5.41) is 17.9. The van der Waals surface area contributed by atoms with Crippen LogP contribution < -0.4 is 25.4 Å². The van der Waals surface area contributed by atoms with Gasteiger partial charge in [-0.25, -0.2) is 0 Å². The lowest BCUT2D eigenvalue weighted by Crippen LogP contribution is -2.54. The Labute approximate surface area is 301 Å². The van der Waals surface area contributed by atoms with Crippen LogP contribution in [0, 0.1) is 0 Å². The molecule has 13 heteroatoms. The molecule has 51 heavy (non-hydrogen) atoms. The van der Waals surface area contributed by atoms with Gasteiger partial charge in [0.2, 0.25) is 11.8 Å². The fourth-order valence-electron chi connectivity index (χ4n) is 6.01. The number of rotatable bonds is 17. The van der Waals surface area contributed by atoms with Crippen LogP contribution in [-0.4, -0.2) is 83.9 Å². The summed E-state index contributed by atoms with van der Waals surface area (Å²) in [5.41, 5.74) is 3.03. The topological polar surface area (TPSA) is 163 Å². The molecule has 2 unspecified atom stereocenters.